The summed E-state index contributed by atoms with van der Waals surface area (Å²) in [5.74, 6) is 0.652. The molecule has 1 aromatic carbocycles. The molecule has 21 heavy (non-hydrogen) atoms. The van der Waals surface area contributed by atoms with Crippen LogP contribution in [-0.2, 0) is 24.4 Å². The molecule has 0 bridgehead atoms. The van der Waals surface area contributed by atoms with Gasteiger partial charge in [-0.15, -0.1) is 0 Å². The SMILES string of the molecule is CCc1cc(COCc2cccc(Br)c2)c(OC)nc1C. The smallest absolute Gasteiger partial charge is 0.218 e. The monoisotopic (exact) mass is 349 g/mol. The van der Waals surface area contributed by atoms with Crippen LogP contribution in [0.4, 0.5) is 0 Å². The molecular formula is C17H20BrNO2. The second kappa shape index (κ2) is 7.57. The van der Waals surface area contributed by atoms with E-state index < -0.39 is 0 Å². The molecular weight excluding hydrogens is 330 g/mol. The van der Waals surface area contributed by atoms with E-state index in [9.17, 15) is 0 Å². The van der Waals surface area contributed by atoms with Gasteiger partial charge in [-0.25, -0.2) is 4.98 Å². The van der Waals surface area contributed by atoms with Crippen LogP contribution < -0.4 is 4.74 Å². The van der Waals surface area contributed by atoms with E-state index in [4.69, 9.17) is 9.47 Å². The van der Waals surface area contributed by atoms with Gasteiger partial charge in [0.2, 0.25) is 5.88 Å². The first kappa shape index (κ1) is 16.0. The quantitative estimate of drug-likeness (QED) is 0.772. The van der Waals surface area contributed by atoms with Gasteiger partial charge in [0.05, 0.1) is 20.3 Å². The standard InChI is InChI=1S/C17H20BrNO2/c1-4-14-9-15(17(20-3)19-12(14)2)11-21-10-13-6-5-7-16(18)8-13/h5-9H,4,10-11H2,1-3H3. The molecule has 4 heteroatoms. The van der Waals surface area contributed by atoms with Crippen LogP contribution in [0.25, 0.3) is 0 Å². The Balaban J connectivity index is 2.05. The van der Waals surface area contributed by atoms with E-state index in [0.717, 1.165) is 27.7 Å². The Bertz CT molecular complexity index is 614. The Morgan fingerprint density at radius 1 is 1.14 bits per heavy atom. The number of aryl methyl sites for hydroxylation is 2. The highest BCUT2D eigenvalue weighted by atomic mass is 79.9. The predicted molar refractivity (Wildman–Crippen MR) is 87.5 cm³/mol. The predicted octanol–water partition coefficient (Wildman–Crippen LogP) is 4.44. The molecule has 0 saturated heterocycles. The van der Waals surface area contributed by atoms with Crippen molar-refractivity contribution in [1.82, 2.24) is 4.98 Å². The molecule has 1 aromatic heterocycles. The molecule has 0 unspecified atom stereocenters. The van der Waals surface area contributed by atoms with Crippen molar-refractivity contribution in [3.8, 4) is 5.88 Å². The zero-order valence-electron chi connectivity index (χ0n) is 12.6. The highest BCUT2D eigenvalue weighted by molar-refractivity contribution is 9.10. The summed E-state index contributed by atoms with van der Waals surface area (Å²) in [6.07, 6.45) is 0.960. The van der Waals surface area contributed by atoms with E-state index in [0.29, 0.717) is 19.1 Å². The fraction of sp³-hybridized carbons (Fsp3) is 0.353. The highest BCUT2D eigenvalue weighted by Crippen LogP contribution is 2.21. The summed E-state index contributed by atoms with van der Waals surface area (Å²) in [5, 5.41) is 0. The van der Waals surface area contributed by atoms with Crippen LogP contribution in [0, 0.1) is 6.92 Å². The molecule has 0 aliphatic carbocycles. The van der Waals surface area contributed by atoms with Crippen LogP contribution in [0.2, 0.25) is 0 Å². The summed E-state index contributed by atoms with van der Waals surface area (Å²) in [6.45, 7) is 5.20. The van der Waals surface area contributed by atoms with Gasteiger partial charge in [0.25, 0.3) is 0 Å². The van der Waals surface area contributed by atoms with E-state index in [1.54, 1.807) is 7.11 Å². The van der Waals surface area contributed by atoms with Crippen molar-refractivity contribution in [2.45, 2.75) is 33.5 Å². The van der Waals surface area contributed by atoms with Gasteiger partial charge in [0.1, 0.15) is 0 Å². The van der Waals surface area contributed by atoms with Gasteiger partial charge in [-0.2, -0.15) is 0 Å². The maximum Gasteiger partial charge on any atom is 0.218 e. The molecule has 1 heterocycles. The number of rotatable bonds is 6. The third kappa shape index (κ3) is 4.29. The number of benzene rings is 1. The summed E-state index contributed by atoms with van der Waals surface area (Å²) in [4.78, 5) is 4.49. The number of hydrogen-bond acceptors (Lipinski definition) is 3. The number of pyridine rings is 1. The molecule has 0 N–H and O–H groups in total. The lowest BCUT2D eigenvalue weighted by Crippen LogP contribution is -2.03. The van der Waals surface area contributed by atoms with Gasteiger partial charge >= 0.3 is 0 Å². The van der Waals surface area contributed by atoms with Crippen LogP contribution in [0.1, 0.15) is 29.3 Å². The minimum atomic E-state index is 0.496. The lowest BCUT2D eigenvalue weighted by molar-refractivity contribution is 0.105. The third-order valence-electron chi connectivity index (χ3n) is 3.35. The fourth-order valence-corrected chi connectivity index (χ4v) is 2.66. The third-order valence-corrected chi connectivity index (χ3v) is 3.84. The maximum atomic E-state index is 5.80. The van der Waals surface area contributed by atoms with E-state index >= 15 is 0 Å². The normalized spacial score (nSPS) is 10.7. The van der Waals surface area contributed by atoms with Crippen LogP contribution in [-0.4, -0.2) is 12.1 Å². The highest BCUT2D eigenvalue weighted by Gasteiger charge is 2.09. The minimum absolute atomic E-state index is 0.496. The van der Waals surface area contributed by atoms with Crippen molar-refractivity contribution in [1.29, 1.82) is 0 Å². The summed E-state index contributed by atoms with van der Waals surface area (Å²) in [6, 6.07) is 10.2. The Labute approximate surface area is 134 Å². The maximum absolute atomic E-state index is 5.80. The molecule has 2 rings (SSSR count). The number of methoxy groups -OCH3 is 1. The van der Waals surface area contributed by atoms with Gasteiger partial charge in [0.15, 0.2) is 0 Å². The average molecular weight is 350 g/mol. The molecule has 0 radical (unpaired) electrons. The van der Waals surface area contributed by atoms with Gasteiger partial charge in [-0.3, -0.25) is 0 Å². The summed E-state index contributed by atoms with van der Waals surface area (Å²) >= 11 is 3.46. The van der Waals surface area contributed by atoms with Crippen molar-refractivity contribution in [2.75, 3.05) is 7.11 Å². The second-order valence-corrected chi connectivity index (χ2v) is 5.79. The lowest BCUT2D eigenvalue weighted by atomic mass is 10.1. The number of nitrogens with zero attached hydrogens (tertiary/aromatic N) is 1. The molecule has 0 atom stereocenters. The molecule has 0 amide bonds. The molecule has 3 nitrogen and oxygen atoms in total. The topological polar surface area (TPSA) is 31.4 Å². The van der Waals surface area contributed by atoms with E-state index in [1.165, 1.54) is 5.56 Å². The van der Waals surface area contributed by atoms with Crippen LogP contribution >= 0.6 is 15.9 Å². The largest absolute Gasteiger partial charge is 0.481 e. The number of aromatic nitrogens is 1. The number of halogens is 1. The Morgan fingerprint density at radius 2 is 1.95 bits per heavy atom. The van der Waals surface area contributed by atoms with E-state index in [-0.39, 0.29) is 0 Å². The molecule has 0 spiro atoms. The fourth-order valence-electron chi connectivity index (χ4n) is 2.22. The molecule has 0 fully saturated rings. The minimum Gasteiger partial charge on any atom is -0.481 e. The number of ether oxygens (including phenoxy) is 2. The van der Waals surface area contributed by atoms with E-state index in [2.05, 4.69) is 40.0 Å². The van der Waals surface area contributed by atoms with Crippen LogP contribution in [0.15, 0.2) is 34.8 Å². The van der Waals surface area contributed by atoms with Crippen molar-refractivity contribution in [2.24, 2.45) is 0 Å². The van der Waals surface area contributed by atoms with Crippen molar-refractivity contribution < 1.29 is 9.47 Å². The first-order chi connectivity index (χ1) is 10.1. The van der Waals surface area contributed by atoms with Gasteiger partial charge in [-0.1, -0.05) is 35.0 Å². The van der Waals surface area contributed by atoms with Crippen LogP contribution in [0.3, 0.4) is 0 Å². The Hall–Kier alpha value is -1.39. The van der Waals surface area contributed by atoms with Gasteiger partial charge in [0, 0.05) is 15.7 Å². The first-order valence-electron chi connectivity index (χ1n) is 6.99. The molecule has 0 aliphatic rings. The van der Waals surface area contributed by atoms with E-state index in [1.807, 2.05) is 25.1 Å². The first-order valence-corrected chi connectivity index (χ1v) is 7.79. The van der Waals surface area contributed by atoms with Gasteiger partial charge < -0.3 is 9.47 Å². The zero-order valence-corrected chi connectivity index (χ0v) is 14.2. The Kier molecular flexibility index (Phi) is 5.76. The molecule has 0 saturated carbocycles. The lowest BCUT2D eigenvalue weighted by Gasteiger charge is -2.12. The summed E-state index contributed by atoms with van der Waals surface area (Å²) < 4.78 is 12.2. The molecule has 0 aliphatic heterocycles. The second-order valence-electron chi connectivity index (χ2n) is 4.88. The summed E-state index contributed by atoms with van der Waals surface area (Å²) in [7, 11) is 1.64. The van der Waals surface area contributed by atoms with Crippen molar-refractivity contribution in [3.05, 3.63) is 57.2 Å². The van der Waals surface area contributed by atoms with Crippen LogP contribution in [0.5, 0.6) is 5.88 Å². The van der Waals surface area contributed by atoms with Crippen molar-refractivity contribution in [3.63, 3.8) is 0 Å². The van der Waals surface area contributed by atoms with Crippen molar-refractivity contribution >= 4 is 15.9 Å². The number of hydrogen-bond donors (Lipinski definition) is 0. The summed E-state index contributed by atoms with van der Waals surface area (Å²) in [5.41, 5.74) is 4.39. The zero-order chi connectivity index (χ0) is 15.2. The Morgan fingerprint density at radius 3 is 2.62 bits per heavy atom. The molecule has 2 aromatic rings. The van der Waals surface area contributed by atoms with Gasteiger partial charge in [-0.05, 0) is 42.7 Å². The average Bonchev–Trinajstić information content (AvgIpc) is 2.48. The molecule has 112 valence electrons.